The van der Waals surface area contributed by atoms with E-state index in [1.54, 1.807) is 24.4 Å². The van der Waals surface area contributed by atoms with Gasteiger partial charge in [-0.2, -0.15) is 0 Å². The first-order valence-electron chi connectivity index (χ1n) is 11.1. The lowest BCUT2D eigenvalue weighted by Gasteiger charge is -2.19. The van der Waals surface area contributed by atoms with E-state index >= 15 is 0 Å². The minimum absolute atomic E-state index is 0.0492. The van der Waals surface area contributed by atoms with Crippen molar-refractivity contribution in [1.29, 1.82) is 0 Å². The largest absolute Gasteiger partial charge is 0.487 e. The fourth-order valence-corrected chi connectivity index (χ4v) is 4.54. The van der Waals surface area contributed by atoms with E-state index in [2.05, 4.69) is 20.9 Å². The molecule has 0 radical (unpaired) electrons. The smallest absolute Gasteiger partial charge is 0.315 e. The number of anilines is 1. The van der Waals surface area contributed by atoms with Crippen molar-refractivity contribution in [2.45, 2.75) is 37.5 Å². The van der Waals surface area contributed by atoms with Crippen molar-refractivity contribution in [1.82, 2.24) is 15.6 Å². The molecule has 3 aliphatic rings. The van der Waals surface area contributed by atoms with Gasteiger partial charge in [0, 0.05) is 30.3 Å². The summed E-state index contributed by atoms with van der Waals surface area (Å²) in [4.78, 5) is 28.2. The standard InChI is InChI=1S/C25H21FN4O4/c26-14-3-1-13(2-4-14)12-28-25(32)30-22-21-17-11-15(5-7-18(17)34-23(21)22)33-19-9-10-27-24-16(19)6-8-20(31)29-24/h1-5,7,9-11,21-23H,6,8,12H2,(H,27,29,31)(H2,28,30,32)/t21-,22+,23?/m0/s1. The van der Waals surface area contributed by atoms with E-state index < -0.39 is 0 Å². The summed E-state index contributed by atoms with van der Waals surface area (Å²) >= 11 is 0. The Bertz CT molecular complexity index is 1300. The molecule has 1 fully saturated rings. The number of hydrogen-bond acceptors (Lipinski definition) is 5. The number of ether oxygens (including phenoxy) is 2. The maximum Gasteiger partial charge on any atom is 0.315 e. The Balaban J connectivity index is 1.10. The molecule has 1 saturated carbocycles. The second-order valence-electron chi connectivity index (χ2n) is 8.57. The lowest BCUT2D eigenvalue weighted by Crippen LogP contribution is -2.38. The molecule has 3 aromatic rings. The number of pyridine rings is 1. The summed E-state index contributed by atoms with van der Waals surface area (Å²) in [5, 5.41) is 8.52. The van der Waals surface area contributed by atoms with Crippen LogP contribution in [0.1, 0.15) is 29.0 Å². The first-order valence-corrected chi connectivity index (χ1v) is 11.1. The Kier molecular flexibility index (Phi) is 4.83. The number of halogens is 1. The Morgan fingerprint density at radius 3 is 2.88 bits per heavy atom. The first kappa shape index (κ1) is 20.5. The van der Waals surface area contributed by atoms with Crippen LogP contribution in [0.25, 0.3) is 0 Å². The van der Waals surface area contributed by atoms with Gasteiger partial charge in [0.2, 0.25) is 5.91 Å². The maximum atomic E-state index is 13.0. The van der Waals surface area contributed by atoms with E-state index in [4.69, 9.17) is 9.47 Å². The Hall–Kier alpha value is -4.14. The van der Waals surface area contributed by atoms with E-state index in [-0.39, 0.29) is 35.8 Å². The molecule has 3 N–H and O–H groups in total. The lowest BCUT2D eigenvalue weighted by molar-refractivity contribution is -0.116. The van der Waals surface area contributed by atoms with Gasteiger partial charge in [0.15, 0.2) is 0 Å². The van der Waals surface area contributed by atoms with E-state index in [0.29, 0.717) is 36.7 Å². The third-order valence-corrected chi connectivity index (χ3v) is 6.32. The molecule has 6 rings (SSSR count). The number of amides is 3. The molecule has 3 amide bonds. The van der Waals surface area contributed by atoms with E-state index in [0.717, 1.165) is 22.4 Å². The quantitative estimate of drug-likeness (QED) is 0.540. The highest BCUT2D eigenvalue weighted by Gasteiger charge is 2.59. The summed E-state index contributed by atoms with van der Waals surface area (Å²) in [6.07, 6.45) is 2.47. The molecule has 1 aliphatic carbocycles. The van der Waals surface area contributed by atoms with Crippen molar-refractivity contribution in [3.05, 3.63) is 77.2 Å². The van der Waals surface area contributed by atoms with Crippen LogP contribution in [-0.2, 0) is 17.8 Å². The third-order valence-electron chi connectivity index (χ3n) is 6.32. The van der Waals surface area contributed by atoms with Gasteiger partial charge in [-0.15, -0.1) is 0 Å². The van der Waals surface area contributed by atoms with Gasteiger partial charge in [0.05, 0.1) is 12.0 Å². The first-order chi connectivity index (χ1) is 16.5. The summed E-state index contributed by atoms with van der Waals surface area (Å²) in [5.41, 5.74) is 2.68. The van der Waals surface area contributed by atoms with Crippen LogP contribution in [0.2, 0.25) is 0 Å². The molecule has 3 heterocycles. The Morgan fingerprint density at radius 1 is 1.18 bits per heavy atom. The SMILES string of the molecule is O=C1CCc2c(Oc3ccc4c(c3)[C@@H]3C(O4)[C@@H]3NC(=O)NCc3ccc(F)cc3)ccnc2N1. The number of urea groups is 1. The van der Waals surface area contributed by atoms with Crippen LogP contribution in [0.15, 0.2) is 54.7 Å². The highest BCUT2D eigenvalue weighted by molar-refractivity contribution is 5.93. The van der Waals surface area contributed by atoms with Crippen LogP contribution in [0.3, 0.4) is 0 Å². The molecule has 1 unspecified atom stereocenters. The van der Waals surface area contributed by atoms with Gasteiger partial charge in [-0.25, -0.2) is 14.2 Å². The van der Waals surface area contributed by atoms with E-state index in [9.17, 15) is 14.0 Å². The monoisotopic (exact) mass is 460 g/mol. The number of carbonyl (C=O) groups is 2. The molecule has 0 saturated heterocycles. The number of hydrogen-bond donors (Lipinski definition) is 3. The van der Waals surface area contributed by atoms with Gasteiger partial charge in [0.25, 0.3) is 0 Å². The van der Waals surface area contributed by atoms with Crippen molar-refractivity contribution in [3.63, 3.8) is 0 Å². The average Bonchev–Trinajstić information content (AvgIpc) is 3.35. The average molecular weight is 460 g/mol. The molecule has 34 heavy (non-hydrogen) atoms. The second kappa shape index (κ2) is 8.02. The van der Waals surface area contributed by atoms with Crippen molar-refractivity contribution in [2.75, 3.05) is 5.32 Å². The molecule has 3 atom stereocenters. The van der Waals surface area contributed by atoms with Crippen molar-refractivity contribution < 1.29 is 23.5 Å². The molecule has 0 bridgehead atoms. The zero-order chi connectivity index (χ0) is 23.2. The molecule has 9 heteroatoms. The van der Waals surface area contributed by atoms with E-state index in [1.807, 2.05) is 18.2 Å². The number of carbonyl (C=O) groups excluding carboxylic acids is 2. The Morgan fingerprint density at radius 2 is 2.03 bits per heavy atom. The molecular weight excluding hydrogens is 439 g/mol. The van der Waals surface area contributed by atoms with Crippen LogP contribution in [0.4, 0.5) is 15.0 Å². The number of nitrogens with zero attached hydrogens (tertiary/aromatic N) is 1. The topological polar surface area (TPSA) is 102 Å². The molecule has 172 valence electrons. The van der Waals surface area contributed by atoms with Crippen LogP contribution < -0.4 is 25.4 Å². The summed E-state index contributed by atoms with van der Waals surface area (Å²) in [6, 6.07) is 13.0. The van der Waals surface area contributed by atoms with Crippen LogP contribution in [-0.4, -0.2) is 29.1 Å². The van der Waals surface area contributed by atoms with E-state index in [1.165, 1.54) is 12.1 Å². The minimum atomic E-state index is -0.311. The fourth-order valence-electron chi connectivity index (χ4n) is 4.54. The van der Waals surface area contributed by atoms with Gasteiger partial charge in [-0.3, -0.25) is 4.79 Å². The normalized spacial score (nSPS) is 21.3. The molecule has 2 aliphatic heterocycles. The van der Waals surface area contributed by atoms with Crippen molar-refractivity contribution in [2.24, 2.45) is 0 Å². The van der Waals surface area contributed by atoms with Crippen LogP contribution in [0, 0.1) is 5.82 Å². The molecule has 1 aromatic heterocycles. The van der Waals surface area contributed by atoms with Gasteiger partial charge in [-0.05, 0) is 48.4 Å². The van der Waals surface area contributed by atoms with Crippen molar-refractivity contribution >= 4 is 17.8 Å². The highest BCUT2D eigenvalue weighted by Crippen LogP contribution is 2.54. The summed E-state index contributed by atoms with van der Waals surface area (Å²) in [5.74, 6) is 2.33. The van der Waals surface area contributed by atoms with Gasteiger partial charge < -0.3 is 25.4 Å². The zero-order valence-electron chi connectivity index (χ0n) is 18.0. The minimum Gasteiger partial charge on any atom is -0.487 e. The molecule has 2 aromatic carbocycles. The molecular formula is C25H21FN4O4. The third kappa shape index (κ3) is 3.79. The van der Waals surface area contributed by atoms with Crippen LogP contribution >= 0.6 is 0 Å². The van der Waals surface area contributed by atoms with Gasteiger partial charge in [0.1, 0.15) is 35.0 Å². The van der Waals surface area contributed by atoms with Gasteiger partial charge >= 0.3 is 6.03 Å². The van der Waals surface area contributed by atoms with Crippen molar-refractivity contribution in [3.8, 4) is 17.2 Å². The number of benzene rings is 2. The number of nitrogens with one attached hydrogen (secondary N) is 3. The van der Waals surface area contributed by atoms with Gasteiger partial charge in [-0.1, -0.05) is 12.1 Å². The summed E-state index contributed by atoms with van der Waals surface area (Å²) < 4.78 is 25.1. The Labute approximate surface area is 194 Å². The predicted molar refractivity (Wildman–Crippen MR) is 120 cm³/mol. The number of aromatic nitrogens is 1. The lowest BCUT2D eigenvalue weighted by atomic mass is 10.1. The second-order valence-corrected chi connectivity index (χ2v) is 8.57. The molecule has 0 spiro atoms. The van der Waals surface area contributed by atoms with Crippen LogP contribution in [0.5, 0.6) is 17.2 Å². The molecule has 8 nitrogen and oxygen atoms in total. The number of fused-ring (bicyclic) bond motifs is 4. The summed E-state index contributed by atoms with van der Waals surface area (Å²) in [7, 11) is 0. The number of rotatable bonds is 5. The predicted octanol–water partition coefficient (Wildman–Crippen LogP) is 3.62. The summed E-state index contributed by atoms with van der Waals surface area (Å²) in [6.45, 7) is 0.306. The maximum absolute atomic E-state index is 13.0. The fraction of sp³-hybridized carbons (Fsp3) is 0.240. The zero-order valence-corrected chi connectivity index (χ0v) is 18.0. The highest BCUT2D eigenvalue weighted by atomic mass is 19.1.